The molecule has 0 saturated heterocycles. The lowest BCUT2D eigenvalue weighted by Gasteiger charge is -2.24. The van der Waals surface area contributed by atoms with Crippen molar-refractivity contribution in [1.82, 2.24) is 19.7 Å². The fourth-order valence-corrected chi connectivity index (χ4v) is 3.10. The summed E-state index contributed by atoms with van der Waals surface area (Å²) in [5.74, 6) is 1.03. The van der Waals surface area contributed by atoms with Crippen molar-refractivity contribution in [1.29, 1.82) is 0 Å². The maximum absolute atomic E-state index is 12.8. The molecule has 0 radical (unpaired) electrons. The Morgan fingerprint density at radius 2 is 2.20 bits per heavy atom. The Labute approximate surface area is 145 Å². The summed E-state index contributed by atoms with van der Waals surface area (Å²) in [6, 6.07) is 9.43. The van der Waals surface area contributed by atoms with Gasteiger partial charge in [0.25, 0.3) is 5.91 Å². The van der Waals surface area contributed by atoms with E-state index in [1.807, 2.05) is 33.8 Å². The molecule has 1 N–H and O–H groups in total. The molecule has 7 nitrogen and oxygen atoms in total. The van der Waals surface area contributed by atoms with Gasteiger partial charge in [-0.1, -0.05) is 6.07 Å². The van der Waals surface area contributed by atoms with Gasteiger partial charge in [-0.15, -0.1) is 0 Å². The van der Waals surface area contributed by atoms with E-state index in [4.69, 9.17) is 4.42 Å². The number of hydrogen-bond acceptors (Lipinski definition) is 5. The molecule has 25 heavy (non-hydrogen) atoms. The van der Waals surface area contributed by atoms with Crippen molar-refractivity contribution in [2.24, 2.45) is 5.92 Å². The van der Waals surface area contributed by atoms with Crippen LogP contribution in [-0.2, 0) is 13.1 Å². The maximum Gasteiger partial charge on any atom is 0.257 e. The Balaban J connectivity index is 1.52. The number of anilines is 1. The third kappa shape index (κ3) is 3.40. The Bertz CT molecular complexity index is 828. The first-order chi connectivity index (χ1) is 12.3. The van der Waals surface area contributed by atoms with Crippen LogP contribution in [0.3, 0.4) is 0 Å². The molecular formula is C18H19N5O2. The van der Waals surface area contributed by atoms with Crippen LogP contribution in [-0.4, -0.2) is 38.7 Å². The summed E-state index contributed by atoms with van der Waals surface area (Å²) in [5.41, 5.74) is 1.61. The van der Waals surface area contributed by atoms with E-state index in [0.717, 1.165) is 18.1 Å². The highest BCUT2D eigenvalue weighted by atomic mass is 16.3. The van der Waals surface area contributed by atoms with E-state index in [2.05, 4.69) is 15.4 Å². The molecule has 4 rings (SSSR count). The molecule has 0 aliphatic carbocycles. The number of fused-ring (bicyclic) bond motifs is 1. The highest BCUT2D eigenvalue weighted by Crippen LogP contribution is 2.19. The Hall–Kier alpha value is -3.09. The van der Waals surface area contributed by atoms with Gasteiger partial charge >= 0.3 is 0 Å². The summed E-state index contributed by atoms with van der Waals surface area (Å²) in [6.07, 6.45) is 6.56. The molecule has 1 atom stereocenters. The zero-order chi connectivity index (χ0) is 17.1. The minimum atomic E-state index is -0.0220. The van der Waals surface area contributed by atoms with Crippen molar-refractivity contribution < 1.29 is 9.21 Å². The van der Waals surface area contributed by atoms with Gasteiger partial charge in [-0.25, -0.2) is 4.98 Å². The monoisotopic (exact) mass is 337 g/mol. The number of carbonyl (C=O) groups is 1. The average Bonchev–Trinajstić information content (AvgIpc) is 3.29. The number of carbonyl (C=O) groups excluding carboxylic acids is 1. The SMILES string of the molecule is O=C(c1ccoc1)N1Cc2ccnn2C[C@H](CNc2ccccn2)C1. The first kappa shape index (κ1) is 15.4. The van der Waals surface area contributed by atoms with Gasteiger partial charge in [-0.05, 0) is 24.3 Å². The Morgan fingerprint density at radius 3 is 3.00 bits per heavy atom. The predicted octanol–water partition coefficient (Wildman–Crippen LogP) is 2.26. The molecule has 1 aliphatic heterocycles. The van der Waals surface area contributed by atoms with Crippen LogP contribution in [0.2, 0.25) is 0 Å². The van der Waals surface area contributed by atoms with Crippen molar-refractivity contribution in [2.75, 3.05) is 18.4 Å². The average molecular weight is 337 g/mol. The number of nitrogens with zero attached hydrogens (tertiary/aromatic N) is 4. The van der Waals surface area contributed by atoms with Crippen molar-refractivity contribution in [3.8, 4) is 0 Å². The number of furan rings is 1. The van der Waals surface area contributed by atoms with E-state index in [0.29, 0.717) is 25.2 Å². The van der Waals surface area contributed by atoms with Gasteiger partial charge < -0.3 is 14.6 Å². The van der Waals surface area contributed by atoms with E-state index in [1.165, 1.54) is 12.5 Å². The van der Waals surface area contributed by atoms with Crippen LogP contribution >= 0.6 is 0 Å². The molecule has 0 fully saturated rings. The zero-order valence-electron chi connectivity index (χ0n) is 13.7. The molecule has 128 valence electrons. The number of pyridine rings is 1. The number of amides is 1. The largest absolute Gasteiger partial charge is 0.472 e. The van der Waals surface area contributed by atoms with Gasteiger partial charge in [0.1, 0.15) is 12.1 Å². The molecule has 0 unspecified atom stereocenters. The van der Waals surface area contributed by atoms with E-state index in [-0.39, 0.29) is 11.8 Å². The smallest absolute Gasteiger partial charge is 0.257 e. The molecule has 0 aromatic carbocycles. The van der Waals surface area contributed by atoms with Crippen molar-refractivity contribution in [3.63, 3.8) is 0 Å². The van der Waals surface area contributed by atoms with Crippen LogP contribution in [0.5, 0.6) is 0 Å². The number of aromatic nitrogens is 3. The molecular weight excluding hydrogens is 318 g/mol. The van der Waals surface area contributed by atoms with Gasteiger partial charge in [0.05, 0.1) is 24.1 Å². The second-order valence-corrected chi connectivity index (χ2v) is 6.16. The third-order valence-corrected chi connectivity index (χ3v) is 4.36. The lowest BCUT2D eigenvalue weighted by Crippen LogP contribution is -2.36. The normalized spacial score (nSPS) is 17.0. The van der Waals surface area contributed by atoms with Gasteiger partial charge in [0.15, 0.2) is 0 Å². The highest BCUT2D eigenvalue weighted by molar-refractivity contribution is 5.93. The minimum absolute atomic E-state index is 0.0220. The maximum atomic E-state index is 12.8. The van der Waals surface area contributed by atoms with Gasteiger partial charge in [-0.2, -0.15) is 5.10 Å². The third-order valence-electron chi connectivity index (χ3n) is 4.36. The summed E-state index contributed by atoms with van der Waals surface area (Å²) in [5, 5.41) is 7.75. The second-order valence-electron chi connectivity index (χ2n) is 6.16. The minimum Gasteiger partial charge on any atom is -0.472 e. The van der Waals surface area contributed by atoms with E-state index < -0.39 is 0 Å². The van der Waals surface area contributed by atoms with Gasteiger partial charge in [-0.3, -0.25) is 9.48 Å². The van der Waals surface area contributed by atoms with Gasteiger partial charge in [0.2, 0.25) is 0 Å². The van der Waals surface area contributed by atoms with Gasteiger partial charge in [0, 0.05) is 37.9 Å². The summed E-state index contributed by atoms with van der Waals surface area (Å²) in [6.45, 7) is 2.67. The first-order valence-electron chi connectivity index (χ1n) is 8.26. The topological polar surface area (TPSA) is 76.2 Å². The van der Waals surface area contributed by atoms with Crippen LogP contribution in [0, 0.1) is 5.92 Å². The molecule has 3 aromatic heterocycles. The summed E-state index contributed by atoms with van der Waals surface area (Å²) >= 11 is 0. The predicted molar refractivity (Wildman–Crippen MR) is 91.9 cm³/mol. The Kier molecular flexibility index (Phi) is 4.20. The summed E-state index contributed by atoms with van der Waals surface area (Å²) in [7, 11) is 0. The highest BCUT2D eigenvalue weighted by Gasteiger charge is 2.26. The standard InChI is InChI=1S/C18H19N5O2/c24-18(15-5-8-25-13-15)22-10-14(9-20-17-3-1-2-6-19-17)11-23-16(12-22)4-7-21-23/h1-8,13-14H,9-12H2,(H,19,20)/t14-/m1/s1. The fourth-order valence-electron chi connectivity index (χ4n) is 3.10. The van der Waals surface area contributed by atoms with Crippen LogP contribution in [0.1, 0.15) is 16.1 Å². The van der Waals surface area contributed by atoms with Crippen LogP contribution < -0.4 is 5.32 Å². The van der Waals surface area contributed by atoms with E-state index in [9.17, 15) is 4.79 Å². The number of nitrogens with one attached hydrogen (secondary N) is 1. The van der Waals surface area contributed by atoms with E-state index in [1.54, 1.807) is 18.5 Å². The van der Waals surface area contributed by atoms with Crippen LogP contribution in [0.25, 0.3) is 0 Å². The quantitative estimate of drug-likeness (QED) is 0.790. The lowest BCUT2D eigenvalue weighted by molar-refractivity contribution is 0.0723. The lowest BCUT2D eigenvalue weighted by atomic mass is 10.1. The zero-order valence-corrected chi connectivity index (χ0v) is 13.7. The molecule has 3 aromatic rings. The first-order valence-corrected chi connectivity index (χ1v) is 8.26. The fraction of sp³-hybridized carbons (Fsp3) is 0.278. The molecule has 0 spiro atoms. The molecule has 7 heteroatoms. The van der Waals surface area contributed by atoms with Crippen molar-refractivity contribution in [3.05, 3.63) is 66.5 Å². The van der Waals surface area contributed by atoms with Crippen LogP contribution in [0.4, 0.5) is 5.82 Å². The molecule has 0 saturated carbocycles. The molecule has 0 bridgehead atoms. The number of hydrogen-bond donors (Lipinski definition) is 1. The Morgan fingerprint density at radius 1 is 1.24 bits per heavy atom. The summed E-state index contributed by atoms with van der Waals surface area (Å²) < 4.78 is 7.04. The van der Waals surface area contributed by atoms with Crippen molar-refractivity contribution >= 4 is 11.7 Å². The van der Waals surface area contributed by atoms with E-state index >= 15 is 0 Å². The van der Waals surface area contributed by atoms with Crippen LogP contribution in [0.15, 0.2) is 59.7 Å². The van der Waals surface area contributed by atoms with Crippen molar-refractivity contribution in [2.45, 2.75) is 13.1 Å². The molecule has 1 amide bonds. The second kappa shape index (κ2) is 6.80. The number of rotatable bonds is 4. The molecule has 4 heterocycles. The summed E-state index contributed by atoms with van der Waals surface area (Å²) in [4.78, 5) is 18.9. The molecule has 1 aliphatic rings.